The van der Waals surface area contributed by atoms with Gasteiger partial charge in [-0.3, -0.25) is 4.79 Å². The molecule has 0 aromatic heterocycles. The van der Waals surface area contributed by atoms with Crippen molar-refractivity contribution in [2.75, 3.05) is 5.32 Å². The van der Waals surface area contributed by atoms with Gasteiger partial charge in [-0.25, -0.2) is 0 Å². The lowest BCUT2D eigenvalue weighted by Gasteiger charge is -2.13. The maximum atomic E-state index is 12.1. The molecule has 1 unspecified atom stereocenters. The largest absolute Gasteiger partial charge is 0.324 e. The van der Waals surface area contributed by atoms with Gasteiger partial charge in [0, 0.05) is 9.50 Å². The quantitative estimate of drug-likeness (QED) is 0.839. The maximum Gasteiger partial charge on any atom is 0.241 e. The van der Waals surface area contributed by atoms with Crippen molar-refractivity contribution in [3.05, 3.63) is 63.6 Å². The highest BCUT2D eigenvalue weighted by Crippen LogP contribution is 2.26. The molecule has 1 atom stereocenters. The Labute approximate surface area is 137 Å². The minimum absolute atomic E-state index is 0.214. The molecular formula is C16H16BrClN2O. The van der Waals surface area contributed by atoms with Crippen molar-refractivity contribution in [3.63, 3.8) is 0 Å². The number of halogens is 2. The van der Waals surface area contributed by atoms with Crippen molar-refractivity contribution < 1.29 is 4.79 Å². The molecule has 0 spiro atoms. The average Bonchev–Trinajstić information content (AvgIpc) is 2.49. The number of nitrogens with two attached hydrogens (primary N) is 1. The molecule has 21 heavy (non-hydrogen) atoms. The zero-order chi connectivity index (χ0) is 15.2. The molecule has 1 amide bonds. The van der Waals surface area contributed by atoms with Gasteiger partial charge in [-0.05, 0) is 52.5 Å². The summed E-state index contributed by atoms with van der Waals surface area (Å²) in [5.41, 5.74) is 7.74. The van der Waals surface area contributed by atoms with E-state index in [-0.39, 0.29) is 5.91 Å². The summed E-state index contributed by atoms with van der Waals surface area (Å²) in [4.78, 5) is 12.1. The van der Waals surface area contributed by atoms with E-state index < -0.39 is 6.04 Å². The summed E-state index contributed by atoms with van der Waals surface area (Å²) in [5, 5.41) is 3.35. The molecule has 0 bridgehead atoms. The van der Waals surface area contributed by atoms with Crippen molar-refractivity contribution >= 4 is 39.1 Å². The third-order valence-electron chi connectivity index (χ3n) is 3.11. The molecule has 0 fully saturated rings. The molecule has 0 aliphatic carbocycles. The number of nitrogens with one attached hydrogen (secondary N) is 1. The number of rotatable bonds is 5. The first-order valence-electron chi connectivity index (χ1n) is 6.61. The summed E-state index contributed by atoms with van der Waals surface area (Å²) in [6.07, 6.45) is 1.36. The van der Waals surface area contributed by atoms with Gasteiger partial charge in [-0.15, -0.1) is 0 Å². The van der Waals surface area contributed by atoms with Crippen LogP contribution in [0.15, 0.2) is 53.0 Å². The maximum absolute atomic E-state index is 12.1. The van der Waals surface area contributed by atoms with E-state index in [0.29, 0.717) is 17.1 Å². The number of benzene rings is 2. The van der Waals surface area contributed by atoms with Crippen LogP contribution >= 0.6 is 27.5 Å². The van der Waals surface area contributed by atoms with E-state index in [4.69, 9.17) is 17.3 Å². The Bertz CT molecular complexity index is 619. The second-order valence-electron chi connectivity index (χ2n) is 4.74. The standard InChI is InChI=1S/C16H16BrClN2O/c17-13-8-7-12(18)10-15(13)20-16(21)14(19)9-6-11-4-2-1-3-5-11/h1-5,7-8,10,14H,6,9,19H2,(H,20,21). The van der Waals surface area contributed by atoms with E-state index in [1.165, 1.54) is 5.56 Å². The van der Waals surface area contributed by atoms with Crippen LogP contribution in [0.1, 0.15) is 12.0 Å². The number of hydrogen-bond acceptors (Lipinski definition) is 2. The Balaban J connectivity index is 1.92. The number of carbonyl (C=O) groups is 1. The fraction of sp³-hybridized carbons (Fsp3) is 0.188. The van der Waals surface area contributed by atoms with Crippen molar-refractivity contribution in [1.29, 1.82) is 0 Å². The SMILES string of the molecule is NC(CCc1ccccc1)C(=O)Nc1cc(Cl)ccc1Br. The zero-order valence-electron chi connectivity index (χ0n) is 11.4. The van der Waals surface area contributed by atoms with Crippen LogP contribution in [-0.4, -0.2) is 11.9 Å². The topological polar surface area (TPSA) is 55.1 Å². The van der Waals surface area contributed by atoms with Crippen LogP contribution in [0.4, 0.5) is 5.69 Å². The Morgan fingerprint density at radius 1 is 1.24 bits per heavy atom. The molecule has 0 heterocycles. The second kappa shape index (κ2) is 7.59. The minimum atomic E-state index is -0.559. The summed E-state index contributed by atoms with van der Waals surface area (Å²) < 4.78 is 0.774. The fourth-order valence-electron chi connectivity index (χ4n) is 1.92. The van der Waals surface area contributed by atoms with E-state index in [1.807, 2.05) is 30.3 Å². The van der Waals surface area contributed by atoms with E-state index in [2.05, 4.69) is 21.2 Å². The van der Waals surface area contributed by atoms with Crippen molar-refractivity contribution in [2.24, 2.45) is 5.73 Å². The first kappa shape index (κ1) is 16.0. The average molecular weight is 368 g/mol. The van der Waals surface area contributed by atoms with Gasteiger partial charge in [0.15, 0.2) is 0 Å². The molecule has 0 saturated heterocycles. The number of hydrogen-bond donors (Lipinski definition) is 2. The second-order valence-corrected chi connectivity index (χ2v) is 6.03. The molecule has 3 N–H and O–H groups in total. The molecule has 0 aliphatic rings. The number of aryl methyl sites for hydroxylation is 1. The summed E-state index contributed by atoms with van der Waals surface area (Å²) in [6, 6.07) is 14.6. The first-order valence-corrected chi connectivity index (χ1v) is 7.79. The van der Waals surface area contributed by atoms with E-state index in [1.54, 1.807) is 18.2 Å². The van der Waals surface area contributed by atoms with Crippen LogP contribution in [0.3, 0.4) is 0 Å². The number of anilines is 1. The third-order valence-corrected chi connectivity index (χ3v) is 4.04. The Hall–Kier alpha value is -1.36. The summed E-state index contributed by atoms with van der Waals surface area (Å²) in [6.45, 7) is 0. The summed E-state index contributed by atoms with van der Waals surface area (Å²) in [7, 11) is 0. The summed E-state index contributed by atoms with van der Waals surface area (Å²) >= 11 is 9.29. The Morgan fingerprint density at radius 3 is 2.67 bits per heavy atom. The van der Waals surface area contributed by atoms with Gasteiger partial charge < -0.3 is 11.1 Å². The van der Waals surface area contributed by atoms with Crippen molar-refractivity contribution in [2.45, 2.75) is 18.9 Å². The molecule has 0 aliphatic heterocycles. The van der Waals surface area contributed by atoms with Crippen LogP contribution in [0.25, 0.3) is 0 Å². The highest BCUT2D eigenvalue weighted by Gasteiger charge is 2.15. The van der Waals surface area contributed by atoms with Gasteiger partial charge in [0.05, 0.1) is 11.7 Å². The molecule has 5 heteroatoms. The molecule has 0 saturated carbocycles. The molecule has 0 radical (unpaired) electrons. The first-order chi connectivity index (χ1) is 10.1. The lowest BCUT2D eigenvalue weighted by atomic mass is 10.1. The van der Waals surface area contributed by atoms with Crippen LogP contribution in [-0.2, 0) is 11.2 Å². The van der Waals surface area contributed by atoms with Crippen LogP contribution in [0.2, 0.25) is 5.02 Å². The molecule has 2 aromatic carbocycles. The van der Waals surface area contributed by atoms with Gasteiger partial charge in [-0.2, -0.15) is 0 Å². The number of carbonyl (C=O) groups excluding carboxylic acids is 1. The van der Waals surface area contributed by atoms with Crippen molar-refractivity contribution in [1.82, 2.24) is 0 Å². The molecule has 2 rings (SSSR count). The molecular weight excluding hydrogens is 352 g/mol. The molecule has 2 aromatic rings. The van der Waals surface area contributed by atoms with Crippen molar-refractivity contribution in [3.8, 4) is 0 Å². The van der Waals surface area contributed by atoms with Gasteiger partial charge in [0.25, 0.3) is 0 Å². The lowest BCUT2D eigenvalue weighted by molar-refractivity contribution is -0.117. The van der Waals surface area contributed by atoms with Gasteiger partial charge in [0.1, 0.15) is 0 Å². The van der Waals surface area contributed by atoms with E-state index in [9.17, 15) is 4.79 Å². The Kier molecular flexibility index (Phi) is 5.79. The predicted molar refractivity (Wildman–Crippen MR) is 90.5 cm³/mol. The molecule has 110 valence electrons. The summed E-state index contributed by atoms with van der Waals surface area (Å²) in [5.74, 6) is -0.214. The van der Waals surface area contributed by atoms with Gasteiger partial charge >= 0.3 is 0 Å². The highest BCUT2D eigenvalue weighted by molar-refractivity contribution is 9.10. The predicted octanol–water partition coefficient (Wildman–Crippen LogP) is 4.00. The van der Waals surface area contributed by atoms with Crippen LogP contribution in [0.5, 0.6) is 0 Å². The Morgan fingerprint density at radius 2 is 1.95 bits per heavy atom. The fourth-order valence-corrected chi connectivity index (χ4v) is 2.43. The molecule has 3 nitrogen and oxygen atoms in total. The monoisotopic (exact) mass is 366 g/mol. The lowest BCUT2D eigenvalue weighted by Crippen LogP contribution is -2.36. The zero-order valence-corrected chi connectivity index (χ0v) is 13.7. The van der Waals surface area contributed by atoms with Crippen LogP contribution < -0.4 is 11.1 Å². The van der Waals surface area contributed by atoms with E-state index in [0.717, 1.165) is 10.9 Å². The normalized spacial score (nSPS) is 12.0. The van der Waals surface area contributed by atoms with Gasteiger partial charge in [-0.1, -0.05) is 41.9 Å². The van der Waals surface area contributed by atoms with Crippen LogP contribution in [0, 0.1) is 0 Å². The van der Waals surface area contributed by atoms with Gasteiger partial charge in [0.2, 0.25) is 5.91 Å². The third kappa shape index (κ3) is 4.84. The highest BCUT2D eigenvalue weighted by atomic mass is 79.9. The minimum Gasteiger partial charge on any atom is -0.324 e. The number of amides is 1. The van der Waals surface area contributed by atoms with E-state index >= 15 is 0 Å². The smallest absolute Gasteiger partial charge is 0.241 e.